The lowest BCUT2D eigenvalue weighted by Crippen LogP contribution is -2.38. The molecule has 124 valence electrons. The molecule has 6 nitrogen and oxygen atoms in total. The van der Waals surface area contributed by atoms with Crippen molar-refractivity contribution in [3.63, 3.8) is 0 Å². The fraction of sp³-hybridized carbons (Fsp3) is 0.471. The zero-order chi connectivity index (χ0) is 16.2. The lowest BCUT2D eigenvalue weighted by atomic mass is 10.1. The lowest BCUT2D eigenvalue weighted by Gasteiger charge is -2.27. The van der Waals surface area contributed by atoms with Gasteiger partial charge in [0.1, 0.15) is 5.75 Å². The molecule has 1 aromatic heterocycles. The maximum absolute atomic E-state index is 12.3. The summed E-state index contributed by atoms with van der Waals surface area (Å²) in [5.41, 5.74) is 1.45. The quantitative estimate of drug-likeness (QED) is 0.902. The van der Waals surface area contributed by atoms with Gasteiger partial charge in [0.05, 0.1) is 38.6 Å². The van der Waals surface area contributed by atoms with Gasteiger partial charge in [0, 0.05) is 24.7 Å². The van der Waals surface area contributed by atoms with Crippen molar-refractivity contribution in [2.24, 2.45) is 0 Å². The monoisotopic (exact) mass is 318 g/mol. The van der Waals surface area contributed by atoms with Crippen molar-refractivity contribution in [3.8, 4) is 5.75 Å². The van der Waals surface area contributed by atoms with Crippen LogP contribution in [-0.4, -0.2) is 56.5 Å². The summed E-state index contributed by atoms with van der Waals surface area (Å²) in [5.74, 6) is 0.729. The Balaban J connectivity index is 1.74. The molecule has 2 heterocycles. The number of ether oxygens (including phenoxy) is 3. The minimum atomic E-state index is -0.0709. The van der Waals surface area contributed by atoms with Gasteiger partial charge in [0.25, 0.3) is 5.56 Å². The van der Waals surface area contributed by atoms with Gasteiger partial charge in [-0.25, -0.2) is 0 Å². The summed E-state index contributed by atoms with van der Waals surface area (Å²) >= 11 is 0. The predicted molar refractivity (Wildman–Crippen MR) is 88.0 cm³/mol. The summed E-state index contributed by atoms with van der Waals surface area (Å²) < 4.78 is 16.2. The minimum Gasteiger partial charge on any atom is -0.497 e. The third-order valence-electron chi connectivity index (χ3n) is 3.97. The molecule has 0 bridgehead atoms. The number of fused-ring (bicyclic) bond motifs is 1. The third kappa shape index (κ3) is 3.90. The molecular formula is C17H22N2O4. The van der Waals surface area contributed by atoms with Gasteiger partial charge in [0.2, 0.25) is 0 Å². The van der Waals surface area contributed by atoms with Crippen LogP contribution >= 0.6 is 0 Å². The Kier molecular flexibility index (Phi) is 4.95. The molecule has 6 heteroatoms. The number of H-pyrrole nitrogens is 1. The molecule has 1 N–H and O–H groups in total. The molecule has 1 aromatic carbocycles. The van der Waals surface area contributed by atoms with Gasteiger partial charge in [0.15, 0.2) is 0 Å². The van der Waals surface area contributed by atoms with Crippen molar-refractivity contribution in [2.45, 2.75) is 12.6 Å². The van der Waals surface area contributed by atoms with Crippen LogP contribution in [0, 0.1) is 0 Å². The fourth-order valence-electron chi connectivity index (χ4n) is 2.81. The summed E-state index contributed by atoms with van der Waals surface area (Å²) in [5, 5.41) is 0.992. The van der Waals surface area contributed by atoms with E-state index < -0.39 is 0 Å². The van der Waals surface area contributed by atoms with Crippen LogP contribution in [0.15, 0.2) is 29.1 Å². The minimum absolute atomic E-state index is 0.0672. The van der Waals surface area contributed by atoms with Crippen molar-refractivity contribution in [2.75, 3.05) is 40.5 Å². The van der Waals surface area contributed by atoms with Gasteiger partial charge in [-0.3, -0.25) is 9.69 Å². The summed E-state index contributed by atoms with van der Waals surface area (Å²) in [7, 11) is 3.59. The summed E-state index contributed by atoms with van der Waals surface area (Å²) in [6.07, 6.45) is 0.0672. The fourth-order valence-corrected chi connectivity index (χ4v) is 2.81. The van der Waals surface area contributed by atoms with Crippen molar-refractivity contribution in [3.05, 3.63) is 40.2 Å². The topological polar surface area (TPSA) is 63.8 Å². The van der Waals surface area contributed by atoms with E-state index in [0.29, 0.717) is 26.4 Å². The molecule has 1 fully saturated rings. The van der Waals surface area contributed by atoms with Gasteiger partial charge >= 0.3 is 0 Å². The van der Waals surface area contributed by atoms with Crippen LogP contribution in [0.1, 0.15) is 5.56 Å². The first-order chi connectivity index (χ1) is 11.2. The summed E-state index contributed by atoms with van der Waals surface area (Å²) in [4.78, 5) is 17.3. The average molecular weight is 318 g/mol. The number of methoxy groups -OCH3 is 1. The second-order valence-corrected chi connectivity index (χ2v) is 5.84. The van der Waals surface area contributed by atoms with Crippen LogP contribution in [0.5, 0.6) is 5.75 Å². The van der Waals surface area contributed by atoms with E-state index in [1.165, 1.54) is 0 Å². The van der Waals surface area contributed by atoms with Crippen LogP contribution < -0.4 is 10.3 Å². The number of rotatable bonds is 5. The predicted octanol–water partition coefficient (Wildman–Crippen LogP) is 1.38. The molecule has 1 aliphatic rings. The van der Waals surface area contributed by atoms with Crippen LogP contribution in [-0.2, 0) is 16.0 Å². The first-order valence-electron chi connectivity index (χ1n) is 7.73. The Morgan fingerprint density at radius 1 is 1.35 bits per heavy atom. The van der Waals surface area contributed by atoms with Crippen molar-refractivity contribution < 1.29 is 14.2 Å². The number of aromatic amines is 1. The van der Waals surface area contributed by atoms with Gasteiger partial charge in [-0.05, 0) is 30.6 Å². The number of pyridine rings is 1. The van der Waals surface area contributed by atoms with E-state index in [1.807, 2.05) is 31.3 Å². The second-order valence-electron chi connectivity index (χ2n) is 5.84. The van der Waals surface area contributed by atoms with Crippen molar-refractivity contribution in [1.29, 1.82) is 0 Å². The van der Waals surface area contributed by atoms with E-state index in [1.54, 1.807) is 7.11 Å². The number of hydrogen-bond acceptors (Lipinski definition) is 5. The molecule has 2 aromatic rings. The molecule has 1 saturated heterocycles. The van der Waals surface area contributed by atoms with Crippen LogP contribution in [0.4, 0.5) is 0 Å². The Labute approximate surface area is 135 Å². The highest BCUT2D eigenvalue weighted by molar-refractivity contribution is 5.80. The van der Waals surface area contributed by atoms with Crippen LogP contribution in [0.2, 0.25) is 0 Å². The van der Waals surface area contributed by atoms with E-state index in [4.69, 9.17) is 14.2 Å². The van der Waals surface area contributed by atoms with Crippen molar-refractivity contribution >= 4 is 10.9 Å². The SMILES string of the molecule is COc1ccc2cc(CN(C)C[C@H]3COCCO3)c(=O)[nH]c2c1. The van der Waals surface area contributed by atoms with E-state index >= 15 is 0 Å². The number of hydrogen-bond donors (Lipinski definition) is 1. The van der Waals surface area contributed by atoms with E-state index in [0.717, 1.165) is 28.8 Å². The molecule has 1 atom stereocenters. The van der Waals surface area contributed by atoms with Gasteiger partial charge in [-0.15, -0.1) is 0 Å². The zero-order valence-electron chi connectivity index (χ0n) is 13.5. The molecule has 23 heavy (non-hydrogen) atoms. The summed E-state index contributed by atoms with van der Waals surface area (Å²) in [6, 6.07) is 7.60. The van der Waals surface area contributed by atoms with E-state index in [2.05, 4.69) is 9.88 Å². The number of nitrogens with one attached hydrogen (secondary N) is 1. The smallest absolute Gasteiger partial charge is 0.252 e. The molecule has 0 radical (unpaired) electrons. The molecule has 0 saturated carbocycles. The highest BCUT2D eigenvalue weighted by atomic mass is 16.6. The first kappa shape index (κ1) is 16.0. The van der Waals surface area contributed by atoms with Crippen LogP contribution in [0.25, 0.3) is 10.9 Å². The Bertz CT molecular complexity index is 722. The molecule has 0 unspecified atom stereocenters. The number of aromatic nitrogens is 1. The maximum atomic E-state index is 12.3. The largest absolute Gasteiger partial charge is 0.497 e. The van der Waals surface area contributed by atoms with Crippen LogP contribution in [0.3, 0.4) is 0 Å². The number of likely N-dealkylation sites (N-methyl/N-ethyl adjacent to an activating group) is 1. The lowest BCUT2D eigenvalue weighted by molar-refractivity contribution is -0.0963. The standard InChI is InChI=1S/C17H22N2O4/c1-19(10-15-11-22-5-6-23-15)9-13-7-12-3-4-14(21-2)8-16(12)18-17(13)20/h3-4,7-8,15H,5-6,9-11H2,1-2H3,(H,18,20)/t15-/m0/s1. The normalized spacial score (nSPS) is 18.5. The molecule has 3 rings (SSSR count). The average Bonchev–Trinajstić information content (AvgIpc) is 2.56. The summed E-state index contributed by atoms with van der Waals surface area (Å²) in [6.45, 7) is 3.21. The van der Waals surface area contributed by atoms with Gasteiger partial charge in [-0.1, -0.05) is 0 Å². The molecule has 0 aliphatic carbocycles. The molecule has 1 aliphatic heterocycles. The molecule has 0 spiro atoms. The first-order valence-corrected chi connectivity index (χ1v) is 7.73. The van der Waals surface area contributed by atoms with Gasteiger partial charge in [-0.2, -0.15) is 0 Å². The van der Waals surface area contributed by atoms with E-state index in [9.17, 15) is 4.79 Å². The van der Waals surface area contributed by atoms with E-state index in [-0.39, 0.29) is 11.7 Å². The maximum Gasteiger partial charge on any atom is 0.252 e. The zero-order valence-corrected chi connectivity index (χ0v) is 13.5. The number of nitrogens with zero attached hydrogens (tertiary/aromatic N) is 1. The van der Waals surface area contributed by atoms with Gasteiger partial charge < -0.3 is 19.2 Å². The Hall–Kier alpha value is -1.89. The highest BCUT2D eigenvalue weighted by Crippen LogP contribution is 2.18. The highest BCUT2D eigenvalue weighted by Gasteiger charge is 2.17. The Morgan fingerprint density at radius 2 is 2.22 bits per heavy atom. The number of benzene rings is 1. The molecular weight excluding hydrogens is 296 g/mol. The second kappa shape index (κ2) is 7.12. The Morgan fingerprint density at radius 3 is 2.96 bits per heavy atom. The molecule has 0 amide bonds. The van der Waals surface area contributed by atoms with Crippen molar-refractivity contribution in [1.82, 2.24) is 9.88 Å². The third-order valence-corrected chi connectivity index (χ3v) is 3.97.